The van der Waals surface area contributed by atoms with Crippen molar-refractivity contribution >= 4 is 34.3 Å². The van der Waals surface area contributed by atoms with Gasteiger partial charge in [-0.3, -0.25) is 14.8 Å². The normalized spacial score (nSPS) is 15.1. The molecular weight excluding hydrogens is 484 g/mol. The van der Waals surface area contributed by atoms with Gasteiger partial charge in [-0.05, 0) is 68.9 Å². The van der Waals surface area contributed by atoms with E-state index in [1.54, 1.807) is 12.4 Å². The minimum Gasteiger partial charge on any atom is -0.490 e. The van der Waals surface area contributed by atoms with Crippen LogP contribution >= 0.6 is 11.3 Å². The van der Waals surface area contributed by atoms with Gasteiger partial charge in [0.1, 0.15) is 11.5 Å². The van der Waals surface area contributed by atoms with Gasteiger partial charge in [0.25, 0.3) is 0 Å². The van der Waals surface area contributed by atoms with Crippen LogP contribution in [0.2, 0.25) is 0 Å². The van der Waals surface area contributed by atoms with E-state index in [-0.39, 0.29) is 17.9 Å². The summed E-state index contributed by atoms with van der Waals surface area (Å²) in [6, 6.07) is 6.15. The van der Waals surface area contributed by atoms with Crippen molar-refractivity contribution < 1.29 is 9.53 Å². The highest BCUT2D eigenvalue weighted by molar-refractivity contribution is 7.19. The number of amides is 1. The van der Waals surface area contributed by atoms with Crippen LogP contribution in [0.25, 0.3) is 21.8 Å². The Morgan fingerprint density at radius 2 is 1.81 bits per heavy atom. The van der Waals surface area contributed by atoms with E-state index in [1.165, 1.54) is 11.3 Å². The molecule has 8 nitrogen and oxygen atoms in total. The van der Waals surface area contributed by atoms with Crippen molar-refractivity contribution in [2.45, 2.75) is 59.5 Å². The molecule has 3 heterocycles. The molecule has 1 aliphatic carbocycles. The Hall–Kier alpha value is -3.46. The largest absolute Gasteiger partial charge is 0.490 e. The quantitative estimate of drug-likeness (QED) is 0.395. The Morgan fingerprint density at radius 1 is 1.08 bits per heavy atom. The number of benzene rings is 1. The Bertz CT molecular complexity index is 1350. The fraction of sp³-hybridized carbons (Fsp3) is 0.429. The lowest BCUT2D eigenvalue weighted by Crippen LogP contribution is -2.15. The molecule has 2 aliphatic rings. The minimum atomic E-state index is 0.0414. The summed E-state index contributed by atoms with van der Waals surface area (Å²) >= 11 is 1.41. The number of aliphatic imine (C=N–C) groups is 2. The monoisotopic (exact) mass is 516 g/mol. The van der Waals surface area contributed by atoms with Crippen LogP contribution in [-0.2, 0) is 4.79 Å². The van der Waals surface area contributed by atoms with Gasteiger partial charge >= 0.3 is 0 Å². The van der Waals surface area contributed by atoms with E-state index in [2.05, 4.69) is 60.1 Å². The van der Waals surface area contributed by atoms with Gasteiger partial charge < -0.3 is 10.1 Å². The molecule has 2 aromatic heterocycles. The molecule has 1 N–H and O–H groups in total. The summed E-state index contributed by atoms with van der Waals surface area (Å²) in [6.07, 6.45) is 7.54. The van der Waals surface area contributed by atoms with Crippen molar-refractivity contribution in [2.75, 3.05) is 18.4 Å². The number of thiazole rings is 1. The highest BCUT2D eigenvalue weighted by atomic mass is 32.1. The van der Waals surface area contributed by atoms with Crippen molar-refractivity contribution in [3.05, 3.63) is 41.3 Å². The summed E-state index contributed by atoms with van der Waals surface area (Å²) in [5, 5.41) is 3.52. The number of rotatable bonds is 9. The molecule has 0 spiro atoms. The van der Waals surface area contributed by atoms with Crippen LogP contribution in [0.4, 0.5) is 5.13 Å². The summed E-state index contributed by atoms with van der Waals surface area (Å²) < 4.78 is 6.22. The summed E-state index contributed by atoms with van der Waals surface area (Å²) in [7, 11) is 0. The first-order valence-electron chi connectivity index (χ1n) is 12.9. The van der Waals surface area contributed by atoms with Crippen LogP contribution in [0, 0.1) is 19.8 Å². The number of anilines is 1. The van der Waals surface area contributed by atoms with Gasteiger partial charge in [-0.25, -0.2) is 15.0 Å². The lowest BCUT2D eigenvalue weighted by atomic mass is 9.98. The van der Waals surface area contributed by atoms with Gasteiger partial charge in [0.05, 0.1) is 41.7 Å². The van der Waals surface area contributed by atoms with Crippen LogP contribution in [0.3, 0.4) is 0 Å². The van der Waals surface area contributed by atoms with Crippen molar-refractivity contribution in [3.63, 3.8) is 0 Å². The summed E-state index contributed by atoms with van der Waals surface area (Å²) in [6.45, 7) is 9.75. The molecule has 9 heteroatoms. The van der Waals surface area contributed by atoms with Crippen molar-refractivity contribution in [2.24, 2.45) is 15.9 Å². The third-order valence-electron chi connectivity index (χ3n) is 6.59. The molecule has 1 fully saturated rings. The molecule has 0 radical (unpaired) electrons. The number of hydrogen-bond acceptors (Lipinski definition) is 8. The summed E-state index contributed by atoms with van der Waals surface area (Å²) in [5.41, 5.74) is 5.42. The molecule has 1 aliphatic heterocycles. The summed E-state index contributed by atoms with van der Waals surface area (Å²) in [4.78, 5) is 36.2. The topological polar surface area (TPSA) is 102 Å². The molecule has 37 heavy (non-hydrogen) atoms. The molecule has 0 bridgehead atoms. The number of nitrogens with zero attached hydrogens (tertiary/aromatic N) is 5. The average molecular weight is 517 g/mol. The number of hydrogen-bond donors (Lipinski definition) is 1. The lowest BCUT2D eigenvalue weighted by molar-refractivity contribution is -0.117. The Morgan fingerprint density at radius 3 is 2.46 bits per heavy atom. The molecule has 1 saturated carbocycles. The van der Waals surface area contributed by atoms with Gasteiger partial charge in [-0.2, -0.15) is 0 Å². The molecule has 192 valence electrons. The average Bonchev–Trinajstić information content (AvgIpc) is 3.66. The minimum absolute atomic E-state index is 0.0414. The van der Waals surface area contributed by atoms with Crippen LogP contribution in [-0.4, -0.2) is 52.0 Å². The first kappa shape index (κ1) is 25.2. The lowest BCUT2D eigenvalue weighted by Gasteiger charge is -2.19. The number of nitrogens with one attached hydrogen (secondary N) is 1. The van der Waals surface area contributed by atoms with Crippen LogP contribution in [0.1, 0.15) is 56.5 Å². The Kier molecular flexibility index (Phi) is 7.41. The highest BCUT2D eigenvalue weighted by Gasteiger charge is 2.30. The third kappa shape index (κ3) is 5.77. The fourth-order valence-corrected chi connectivity index (χ4v) is 5.19. The molecule has 1 aromatic carbocycles. The van der Waals surface area contributed by atoms with Gasteiger partial charge in [-0.15, -0.1) is 0 Å². The number of carbonyl (C=O) groups is 1. The maximum atomic E-state index is 12.2. The second-order valence-corrected chi connectivity index (χ2v) is 10.6. The zero-order valence-electron chi connectivity index (χ0n) is 21.7. The smallest absolute Gasteiger partial charge is 0.229 e. The highest BCUT2D eigenvalue weighted by Crippen LogP contribution is 2.36. The first-order chi connectivity index (χ1) is 17.9. The molecule has 0 saturated heterocycles. The van der Waals surface area contributed by atoms with Crippen molar-refractivity contribution in [3.8, 4) is 27.6 Å². The van der Waals surface area contributed by atoms with Gasteiger partial charge in [0, 0.05) is 17.7 Å². The first-order valence-corrected chi connectivity index (χ1v) is 13.8. The second kappa shape index (κ2) is 10.9. The number of carbonyl (C=O) groups excluding carboxylic acids is 1. The number of ether oxygens (including phenoxy) is 1. The van der Waals surface area contributed by atoms with Gasteiger partial charge in [0.2, 0.25) is 5.91 Å². The second-order valence-electron chi connectivity index (χ2n) is 9.55. The van der Waals surface area contributed by atoms with Gasteiger partial charge in [-0.1, -0.05) is 25.2 Å². The van der Waals surface area contributed by atoms with E-state index in [4.69, 9.17) is 14.7 Å². The maximum Gasteiger partial charge on any atom is 0.229 e. The number of aromatic nitrogens is 3. The number of aryl methyl sites for hydroxylation is 2. The maximum absolute atomic E-state index is 12.2. The molecule has 3 aromatic rings. The molecule has 5 rings (SSSR count). The molecule has 1 amide bonds. The Balaban J connectivity index is 1.54. The van der Waals surface area contributed by atoms with Crippen LogP contribution < -0.4 is 10.1 Å². The summed E-state index contributed by atoms with van der Waals surface area (Å²) in [5.74, 6) is 1.57. The van der Waals surface area contributed by atoms with E-state index < -0.39 is 0 Å². The van der Waals surface area contributed by atoms with E-state index in [9.17, 15) is 4.79 Å². The van der Waals surface area contributed by atoms with E-state index >= 15 is 0 Å². The third-order valence-corrected chi connectivity index (χ3v) is 7.53. The van der Waals surface area contributed by atoms with Gasteiger partial charge in [0.15, 0.2) is 11.0 Å². The molecule has 0 atom stereocenters. The molecular formula is C28H32N6O2S. The predicted molar refractivity (Wildman–Crippen MR) is 149 cm³/mol. The van der Waals surface area contributed by atoms with Crippen molar-refractivity contribution in [1.29, 1.82) is 0 Å². The Labute approximate surface area is 221 Å². The van der Waals surface area contributed by atoms with E-state index in [0.717, 1.165) is 64.4 Å². The standard InChI is InChI=1S/C28H32N6O2S/c1-5-19(6-2)36-20-11-16(3)25(17(4)12-20)22-13-21(32-26(33-22)23-14-29-9-10-30-23)24-15-31-28(37-24)34-27(35)18-7-8-18/h11-15,18-19H,5-10H2,1-4H3,(H,31,34,35). The zero-order chi connectivity index (χ0) is 25.9. The SMILES string of the molecule is CCC(CC)Oc1cc(C)c(-c2cc(-c3cnc(NC(=O)C4CC4)s3)nc(C3=NCCN=C3)n2)c(C)c1. The fourth-order valence-electron chi connectivity index (χ4n) is 4.41. The van der Waals surface area contributed by atoms with Crippen LogP contribution in [0.5, 0.6) is 5.75 Å². The van der Waals surface area contributed by atoms with E-state index in [0.29, 0.717) is 29.8 Å². The van der Waals surface area contributed by atoms with Crippen LogP contribution in [0.15, 0.2) is 34.4 Å². The van der Waals surface area contributed by atoms with Crippen molar-refractivity contribution in [1.82, 2.24) is 15.0 Å². The molecule has 0 unspecified atom stereocenters. The van der Waals surface area contributed by atoms with E-state index in [1.807, 2.05) is 6.07 Å². The zero-order valence-corrected chi connectivity index (χ0v) is 22.6. The predicted octanol–water partition coefficient (Wildman–Crippen LogP) is 5.67.